The van der Waals surface area contributed by atoms with Crippen molar-refractivity contribution in [2.45, 2.75) is 63.6 Å². The van der Waals surface area contributed by atoms with Crippen LogP contribution in [0.3, 0.4) is 0 Å². The Kier molecular flexibility index (Phi) is 5.03. The maximum absolute atomic E-state index is 13.3. The van der Waals surface area contributed by atoms with E-state index < -0.39 is 23.3 Å². The first-order chi connectivity index (χ1) is 14.1. The number of carbonyl (C=O) groups is 3. The highest BCUT2D eigenvalue weighted by atomic mass is 16.6. The van der Waals surface area contributed by atoms with Gasteiger partial charge in [-0.25, -0.2) is 9.59 Å². The van der Waals surface area contributed by atoms with E-state index in [1.807, 2.05) is 32.9 Å². The Morgan fingerprint density at radius 2 is 1.73 bits per heavy atom. The average Bonchev–Trinajstić information content (AvgIpc) is 3.60. The highest BCUT2D eigenvalue weighted by Gasteiger charge is 2.53. The van der Waals surface area contributed by atoms with Crippen molar-refractivity contribution in [2.75, 3.05) is 13.7 Å². The van der Waals surface area contributed by atoms with E-state index in [0.717, 1.165) is 24.8 Å². The van der Waals surface area contributed by atoms with Gasteiger partial charge in [0.15, 0.2) is 0 Å². The van der Waals surface area contributed by atoms with E-state index in [0.29, 0.717) is 30.4 Å². The van der Waals surface area contributed by atoms with E-state index in [1.165, 1.54) is 7.11 Å². The molecule has 0 radical (unpaired) electrons. The van der Waals surface area contributed by atoms with Crippen molar-refractivity contribution in [3.63, 3.8) is 0 Å². The number of hydrogen-bond donors (Lipinski definition) is 1. The number of nitrogens with one attached hydrogen (secondary N) is 1. The normalized spacial score (nSPS) is 26.3. The van der Waals surface area contributed by atoms with Gasteiger partial charge in [-0.3, -0.25) is 9.69 Å². The molecule has 1 N–H and O–H groups in total. The van der Waals surface area contributed by atoms with Gasteiger partial charge in [0.25, 0.3) is 0 Å². The van der Waals surface area contributed by atoms with E-state index >= 15 is 0 Å². The molecule has 2 aliphatic carbocycles. The Morgan fingerprint density at radius 1 is 1.07 bits per heavy atom. The lowest BCUT2D eigenvalue weighted by Gasteiger charge is -2.36. The average molecular weight is 415 g/mol. The van der Waals surface area contributed by atoms with Gasteiger partial charge < -0.3 is 14.8 Å². The molecular weight excluding hydrogens is 384 g/mol. The minimum atomic E-state index is -0.600. The van der Waals surface area contributed by atoms with Crippen LogP contribution in [0.5, 0.6) is 0 Å². The predicted molar refractivity (Wildman–Crippen MR) is 110 cm³/mol. The molecule has 3 fully saturated rings. The van der Waals surface area contributed by atoms with Gasteiger partial charge in [0.1, 0.15) is 11.6 Å². The van der Waals surface area contributed by atoms with Crippen LogP contribution in [0.1, 0.15) is 62.4 Å². The fourth-order valence-corrected chi connectivity index (χ4v) is 4.36. The zero-order valence-electron chi connectivity index (χ0n) is 18.1. The number of fused-ring (bicyclic) bond motifs is 1. The largest absolute Gasteiger partial charge is 0.465 e. The maximum Gasteiger partial charge on any atom is 0.410 e. The molecule has 3 atom stereocenters. The van der Waals surface area contributed by atoms with Crippen LogP contribution in [0.4, 0.5) is 4.79 Å². The zero-order chi connectivity index (χ0) is 21.7. The maximum atomic E-state index is 13.3. The van der Waals surface area contributed by atoms with Crippen LogP contribution in [-0.2, 0) is 19.8 Å². The summed E-state index contributed by atoms with van der Waals surface area (Å²) in [5.41, 5.74) is 0.419. The van der Waals surface area contributed by atoms with E-state index in [1.54, 1.807) is 17.0 Å². The summed E-state index contributed by atoms with van der Waals surface area (Å²) < 4.78 is 10.3. The topological polar surface area (TPSA) is 84.9 Å². The first-order valence-corrected chi connectivity index (χ1v) is 10.6. The van der Waals surface area contributed by atoms with Gasteiger partial charge >= 0.3 is 12.1 Å². The second-order valence-electron chi connectivity index (χ2n) is 9.78. The quantitative estimate of drug-likeness (QED) is 0.765. The molecule has 4 rings (SSSR count). The van der Waals surface area contributed by atoms with Gasteiger partial charge in [-0.1, -0.05) is 12.1 Å². The van der Waals surface area contributed by atoms with Gasteiger partial charge in [-0.05, 0) is 76.0 Å². The number of methoxy groups -OCH3 is 1. The Bertz CT molecular complexity index is 853. The first kappa shape index (κ1) is 20.7. The van der Waals surface area contributed by atoms with Crippen LogP contribution >= 0.6 is 0 Å². The predicted octanol–water partition coefficient (Wildman–Crippen LogP) is 3.22. The lowest BCUT2D eigenvalue weighted by atomic mass is 9.99. The molecule has 1 aromatic rings. The summed E-state index contributed by atoms with van der Waals surface area (Å²) in [6.45, 7) is 6.08. The molecule has 3 unspecified atom stereocenters. The number of piperidine rings is 1. The SMILES string of the molecule is COC(=O)c1ccc(C2(NC(=O)C3CC4CC4CN3C(=O)OC(C)(C)C)CC2)cc1. The van der Waals surface area contributed by atoms with Gasteiger partial charge in [-0.15, -0.1) is 0 Å². The molecule has 162 valence electrons. The molecule has 3 aliphatic rings. The van der Waals surface area contributed by atoms with Crippen LogP contribution in [-0.4, -0.2) is 48.2 Å². The van der Waals surface area contributed by atoms with Gasteiger partial charge in [0.2, 0.25) is 5.91 Å². The molecule has 1 aliphatic heterocycles. The zero-order valence-corrected chi connectivity index (χ0v) is 18.1. The van der Waals surface area contributed by atoms with Gasteiger partial charge in [0.05, 0.1) is 18.2 Å². The standard InChI is InChI=1S/C23H30N2O5/c1-22(2,3)30-21(28)25-13-16-11-15(16)12-18(25)19(26)24-23(9-10-23)17-7-5-14(6-8-17)20(27)29-4/h5-8,15-16,18H,9-13H2,1-4H3,(H,24,26). The van der Waals surface area contributed by atoms with Gasteiger partial charge in [0, 0.05) is 6.54 Å². The van der Waals surface area contributed by atoms with E-state index in [4.69, 9.17) is 9.47 Å². The Labute approximate surface area is 177 Å². The van der Waals surface area contributed by atoms with Crippen molar-refractivity contribution in [3.05, 3.63) is 35.4 Å². The lowest BCUT2D eigenvalue weighted by molar-refractivity contribution is -0.128. The summed E-state index contributed by atoms with van der Waals surface area (Å²) in [6, 6.07) is 6.66. The summed E-state index contributed by atoms with van der Waals surface area (Å²) in [6.07, 6.45) is 3.01. The number of ether oxygens (including phenoxy) is 2. The summed E-state index contributed by atoms with van der Waals surface area (Å²) in [5.74, 6) is 0.502. The molecule has 1 heterocycles. The number of hydrogen-bond acceptors (Lipinski definition) is 5. The summed E-state index contributed by atoms with van der Waals surface area (Å²) in [4.78, 5) is 39.3. The van der Waals surface area contributed by atoms with Crippen molar-refractivity contribution < 1.29 is 23.9 Å². The molecule has 7 heteroatoms. The second kappa shape index (κ2) is 7.29. The van der Waals surface area contributed by atoms with E-state index in [9.17, 15) is 14.4 Å². The molecule has 30 heavy (non-hydrogen) atoms. The molecule has 7 nitrogen and oxygen atoms in total. The van der Waals surface area contributed by atoms with Crippen LogP contribution in [0.15, 0.2) is 24.3 Å². The minimum Gasteiger partial charge on any atom is -0.465 e. The number of benzene rings is 1. The van der Waals surface area contributed by atoms with Crippen LogP contribution in [0.2, 0.25) is 0 Å². The Balaban J connectivity index is 1.47. The van der Waals surface area contributed by atoms with Crippen molar-refractivity contribution in [2.24, 2.45) is 11.8 Å². The number of amides is 2. The van der Waals surface area contributed by atoms with Crippen molar-refractivity contribution in [3.8, 4) is 0 Å². The highest BCUT2D eigenvalue weighted by Crippen LogP contribution is 2.49. The Morgan fingerprint density at radius 3 is 2.30 bits per heavy atom. The van der Waals surface area contributed by atoms with Crippen molar-refractivity contribution >= 4 is 18.0 Å². The summed E-state index contributed by atoms with van der Waals surface area (Å²) >= 11 is 0. The fraction of sp³-hybridized carbons (Fsp3) is 0.609. The van der Waals surface area contributed by atoms with Gasteiger partial charge in [-0.2, -0.15) is 0 Å². The monoisotopic (exact) mass is 414 g/mol. The third kappa shape index (κ3) is 4.16. The number of likely N-dealkylation sites (tertiary alicyclic amines) is 1. The van der Waals surface area contributed by atoms with Crippen molar-refractivity contribution in [1.29, 1.82) is 0 Å². The third-order valence-electron chi connectivity index (χ3n) is 6.30. The summed E-state index contributed by atoms with van der Waals surface area (Å²) in [5, 5.41) is 3.20. The van der Waals surface area contributed by atoms with E-state index in [2.05, 4.69) is 5.32 Å². The highest BCUT2D eigenvalue weighted by molar-refractivity contribution is 5.89. The molecule has 1 aromatic carbocycles. The third-order valence-corrected chi connectivity index (χ3v) is 6.30. The molecule has 2 amide bonds. The van der Waals surface area contributed by atoms with Crippen molar-refractivity contribution in [1.82, 2.24) is 10.2 Å². The molecule has 0 aromatic heterocycles. The number of carbonyl (C=O) groups excluding carboxylic acids is 3. The van der Waals surface area contributed by atoms with Crippen LogP contribution < -0.4 is 5.32 Å². The molecule has 0 bridgehead atoms. The molecule has 0 spiro atoms. The lowest BCUT2D eigenvalue weighted by Crippen LogP contribution is -2.55. The smallest absolute Gasteiger partial charge is 0.410 e. The van der Waals surface area contributed by atoms with Crippen LogP contribution in [0, 0.1) is 11.8 Å². The molecule has 1 saturated heterocycles. The second-order valence-corrected chi connectivity index (χ2v) is 9.78. The van der Waals surface area contributed by atoms with Crippen LogP contribution in [0.25, 0.3) is 0 Å². The number of esters is 1. The number of rotatable bonds is 4. The fourth-order valence-electron chi connectivity index (χ4n) is 4.36. The molecule has 2 saturated carbocycles. The minimum absolute atomic E-state index is 0.124. The Hall–Kier alpha value is -2.57. The summed E-state index contributed by atoms with van der Waals surface area (Å²) in [7, 11) is 1.35. The van der Waals surface area contributed by atoms with E-state index in [-0.39, 0.29) is 11.9 Å². The first-order valence-electron chi connectivity index (χ1n) is 10.6. The molecular formula is C23H30N2O5. The number of nitrogens with zero attached hydrogens (tertiary/aromatic N) is 1.